The van der Waals surface area contributed by atoms with Crippen molar-refractivity contribution in [2.45, 2.75) is 6.10 Å². The summed E-state index contributed by atoms with van der Waals surface area (Å²) in [5, 5.41) is 38.5. The molecule has 10 nitrogen and oxygen atoms in total. The second-order valence-corrected chi connectivity index (χ2v) is 1.59. The number of aliphatic hydroxyl groups excluding tert-OH is 2. The topological polar surface area (TPSA) is 156 Å². The fraction of sp³-hybridized carbons (Fsp3) is 1.00. The van der Waals surface area contributed by atoms with Crippen molar-refractivity contribution in [1.82, 2.24) is 0 Å². The van der Waals surface area contributed by atoms with Crippen LogP contribution in [-0.4, -0.2) is 44.9 Å². The summed E-state index contributed by atoms with van der Waals surface area (Å²) in [4.78, 5) is 21.5. The molecule has 13 heavy (non-hydrogen) atoms. The molecule has 78 valence electrons. The van der Waals surface area contributed by atoms with Gasteiger partial charge in [-0.3, -0.25) is 0 Å². The predicted octanol–water partition coefficient (Wildman–Crippen LogP) is -1.80. The zero-order valence-corrected chi connectivity index (χ0v) is 6.27. The van der Waals surface area contributed by atoms with Crippen LogP contribution in [0, 0.1) is 20.2 Å². The molecule has 0 aromatic heterocycles. The molecule has 0 amide bonds. The normalized spacial score (nSPS) is 10.6. The van der Waals surface area contributed by atoms with Crippen LogP contribution in [0.25, 0.3) is 0 Å². The van der Waals surface area contributed by atoms with Crippen LogP contribution < -0.4 is 0 Å². The molecule has 1 unspecified atom stereocenters. The van der Waals surface area contributed by atoms with Gasteiger partial charge in [0.25, 0.3) is 10.2 Å². The fourth-order valence-electron chi connectivity index (χ4n) is 0.200. The van der Waals surface area contributed by atoms with Crippen LogP contribution in [0.4, 0.5) is 0 Å². The SMILES string of the molecule is O=[N+]([O-])O.O=[N+]([O-])OCC(O)CO. The van der Waals surface area contributed by atoms with Crippen LogP contribution in [0.1, 0.15) is 0 Å². The van der Waals surface area contributed by atoms with E-state index in [1.807, 2.05) is 0 Å². The molecule has 0 bridgehead atoms. The van der Waals surface area contributed by atoms with Crippen molar-refractivity contribution < 1.29 is 30.4 Å². The maximum atomic E-state index is 9.41. The highest BCUT2D eigenvalue weighted by Crippen LogP contribution is 1.82. The fourth-order valence-corrected chi connectivity index (χ4v) is 0.200. The van der Waals surface area contributed by atoms with E-state index >= 15 is 0 Å². The first-order valence-corrected chi connectivity index (χ1v) is 2.79. The summed E-state index contributed by atoms with van der Waals surface area (Å²) in [7, 11) is 0. The third kappa shape index (κ3) is 25.2. The van der Waals surface area contributed by atoms with Crippen LogP contribution in [-0.2, 0) is 4.84 Å². The van der Waals surface area contributed by atoms with E-state index in [2.05, 4.69) is 4.84 Å². The highest BCUT2D eigenvalue weighted by molar-refractivity contribution is 4.45. The molecular formula is C3H8N2O8. The van der Waals surface area contributed by atoms with Gasteiger partial charge in [-0.05, 0) is 0 Å². The Bertz CT molecular complexity index is 155. The molecule has 0 heterocycles. The van der Waals surface area contributed by atoms with Gasteiger partial charge in [0, 0.05) is 0 Å². The third-order valence-electron chi connectivity index (χ3n) is 0.583. The van der Waals surface area contributed by atoms with Crippen molar-refractivity contribution in [2.24, 2.45) is 0 Å². The first kappa shape index (κ1) is 13.9. The molecular weight excluding hydrogens is 192 g/mol. The molecule has 0 aliphatic heterocycles. The van der Waals surface area contributed by atoms with Crippen LogP contribution in [0.15, 0.2) is 0 Å². The van der Waals surface area contributed by atoms with Crippen molar-refractivity contribution >= 4 is 0 Å². The quantitative estimate of drug-likeness (QED) is 0.354. The molecule has 0 saturated carbocycles. The molecule has 0 fully saturated rings. The van der Waals surface area contributed by atoms with Crippen molar-refractivity contribution in [3.8, 4) is 0 Å². The summed E-state index contributed by atoms with van der Waals surface area (Å²) in [6.07, 6.45) is -1.17. The van der Waals surface area contributed by atoms with E-state index in [9.17, 15) is 10.1 Å². The van der Waals surface area contributed by atoms with Gasteiger partial charge < -0.3 is 20.3 Å². The van der Waals surface area contributed by atoms with Gasteiger partial charge in [-0.15, -0.1) is 20.2 Å². The number of nitrogens with zero attached hydrogens (tertiary/aromatic N) is 2. The Kier molecular flexibility index (Phi) is 8.99. The summed E-state index contributed by atoms with van der Waals surface area (Å²) in [6.45, 7) is -1.02. The monoisotopic (exact) mass is 200 g/mol. The van der Waals surface area contributed by atoms with Crippen molar-refractivity contribution in [2.75, 3.05) is 13.2 Å². The second kappa shape index (κ2) is 8.42. The highest BCUT2D eigenvalue weighted by Gasteiger charge is 2.03. The van der Waals surface area contributed by atoms with E-state index in [0.29, 0.717) is 0 Å². The Labute approximate surface area is 71.2 Å². The predicted molar refractivity (Wildman–Crippen MR) is 34.8 cm³/mol. The van der Waals surface area contributed by atoms with Gasteiger partial charge in [0.15, 0.2) is 0 Å². The lowest BCUT2D eigenvalue weighted by Gasteiger charge is -2.02. The van der Waals surface area contributed by atoms with Crippen LogP contribution in [0.5, 0.6) is 0 Å². The molecule has 0 radical (unpaired) electrons. The van der Waals surface area contributed by atoms with Gasteiger partial charge in [-0.2, -0.15) is 0 Å². The Balaban J connectivity index is 0. The van der Waals surface area contributed by atoms with Crippen LogP contribution in [0.3, 0.4) is 0 Å². The molecule has 1 atom stereocenters. The number of rotatable bonds is 4. The summed E-state index contributed by atoms with van der Waals surface area (Å²) in [5.74, 6) is 0. The van der Waals surface area contributed by atoms with Gasteiger partial charge in [-0.1, -0.05) is 0 Å². The van der Waals surface area contributed by atoms with Gasteiger partial charge >= 0.3 is 0 Å². The van der Waals surface area contributed by atoms with E-state index < -0.39 is 29.5 Å². The van der Waals surface area contributed by atoms with Crippen molar-refractivity contribution in [3.63, 3.8) is 0 Å². The lowest BCUT2D eigenvalue weighted by atomic mass is 10.4. The van der Waals surface area contributed by atoms with Crippen molar-refractivity contribution in [3.05, 3.63) is 20.2 Å². The molecule has 3 N–H and O–H groups in total. The summed E-state index contributed by atoms with van der Waals surface area (Å²) < 4.78 is 0. The average molecular weight is 200 g/mol. The smallest absolute Gasteiger partial charge is 0.294 e. The highest BCUT2D eigenvalue weighted by atomic mass is 17.0. The maximum absolute atomic E-state index is 9.41. The zero-order valence-electron chi connectivity index (χ0n) is 6.27. The largest absolute Gasteiger partial charge is 0.394 e. The summed E-state index contributed by atoms with van der Waals surface area (Å²) in [6, 6.07) is 0. The number of hydrogen-bond donors (Lipinski definition) is 3. The van der Waals surface area contributed by atoms with E-state index in [0.717, 1.165) is 0 Å². The molecule has 0 aliphatic carbocycles. The Hall–Kier alpha value is -1.68. The standard InChI is InChI=1S/C3H7NO5.HNO3/c5-1-3(6)2-9-4(7)8;2-1(3)4/h3,5-6H,1-2H2;(H,2,3,4). The number of hydrogen-bond acceptors (Lipinski definition) is 7. The number of aliphatic hydroxyl groups is 2. The Morgan fingerprint density at radius 1 is 1.38 bits per heavy atom. The summed E-state index contributed by atoms with van der Waals surface area (Å²) in [5.41, 5.74) is 0. The molecule has 0 aromatic rings. The maximum Gasteiger partial charge on any atom is 0.294 e. The Morgan fingerprint density at radius 2 is 1.77 bits per heavy atom. The molecule has 0 aliphatic rings. The van der Waals surface area contributed by atoms with Gasteiger partial charge in [0.05, 0.1) is 6.61 Å². The lowest BCUT2D eigenvalue weighted by Crippen LogP contribution is -2.21. The average Bonchev–Trinajstić information content (AvgIpc) is 1.99. The molecule has 0 saturated heterocycles. The van der Waals surface area contributed by atoms with Gasteiger partial charge in [0.2, 0.25) is 0 Å². The lowest BCUT2D eigenvalue weighted by molar-refractivity contribution is -0.759. The van der Waals surface area contributed by atoms with Gasteiger partial charge in [0.1, 0.15) is 12.7 Å². The second-order valence-electron chi connectivity index (χ2n) is 1.59. The Morgan fingerprint density at radius 3 is 2.00 bits per heavy atom. The van der Waals surface area contributed by atoms with E-state index in [1.165, 1.54) is 0 Å². The first-order chi connectivity index (χ1) is 5.90. The summed E-state index contributed by atoms with van der Waals surface area (Å²) >= 11 is 0. The minimum absolute atomic E-state index is 0.483. The van der Waals surface area contributed by atoms with Gasteiger partial charge in [-0.25, -0.2) is 0 Å². The molecule has 0 aromatic carbocycles. The van der Waals surface area contributed by atoms with Crippen LogP contribution in [0.2, 0.25) is 0 Å². The first-order valence-electron chi connectivity index (χ1n) is 2.79. The van der Waals surface area contributed by atoms with Crippen molar-refractivity contribution in [1.29, 1.82) is 0 Å². The van der Waals surface area contributed by atoms with E-state index in [4.69, 9.17) is 25.5 Å². The van der Waals surface area contributed by atoms with E-state index in [-0.39, 0.29) is 0 Å². The minimum Gasteiger partial charge on any atom is -0.394 e. The van der Waals surface area contributed by atoms with E-state index in [1.54, 1.807) is 0 Å². The molecule has 0 spiro atoms. The minimum atomic E-state index is -1.50. The molecule has 0 rings (SSSR count). The van der Waals surface area contributed by atoms with Crippen LogP contribution >= 0.6 is 0 Å². The zero-order chi connectivity index (χ0) is 10.9. The molecule has 10 heteroatoms. The third-order valence-corrected chi connectivity index (χ3v) is 0.583.